The molecule has 0 bridgehead atoms. The van der Waals surface area contributed by atoms with E-state index in [4.69, 9.17) is 9.94 Å². The molecule has 2 saturated heterocycles. The fraction of sp³-hybridized carbons (Fsp3) is 0.667. The van der Waals surface area contributed by atoms with Crippen LogP contribution in [0.25, 0.3) is 0 Å². The highest BCUT2D eigenvalue weighted by molar-refractivity contribution is 5.97. The summed E-state index contributed by atoms with van der Waals surface area (Å²) in [5.41, 5.74) is 4.95. The highest BCUT2D eigenvalue weighted by Crippen LogP contribution is 2.44. The number of anilines is 1. The van der Waals surface area contributed by atoms with Crippen molar-refractivity contribution < 1.29 is 14.7 Å². The predicted octanol–water partition coefficient (Wildman–Crippen LogP) is 5.51. The van der Waals surface area contributed by atoms with Crippen molar-refractivity contribution in [3.05, 3.63) is 41.9 Å². The zero-order valence-electron chi connectivity index (χ0n) is 27.3. The van der Waals surface area contributed by atoms with Crippen molar-refractivity contribution in [3.8, 4) is 11.5 Å². The number of nitrogens with zero attached hydrogens (tertiary/aromatic N) is 6. The van der Waals surface area contributed by atoms with Crippen molar-refractivity contribution in [3.63, 3.8) is 0 Å². The number of likely N-dealkylation sites (tertiary alicyclic amines) is 1. The summed E-state index contributed by atoms with van der Waals surface area (Å²) in [7, 11) is 3.81. The lowest BCUT2D eigenvalue weighted by Crippen LogP contribution is -2.60. The number of hydrazine groups is 1. The Balaban J connectivity index is 0.000000359. The van der Waals surface area contributed by atoms with Crippen LogP contribution in [0.3, 0.4) is 0 Å². The van der Waals surface area contributed by atoms with Gasteiger partial charge in [0.05, 0.1) is 11.8 Å². The molecule has 10 nitrogen and oxygen atoms in total. The van der Waals surface area contributed by atoms with Gasteiger partial charge >= 0.3 is 0 Å². The monoisotopic (exact) mass is 595 g/mol. The van der Waals surface area contributed by atoms with Crippen LogP contribution in [0.15, 0.2) is 30.7 Å². The molecule has 1 aliphatic carbocycles. The Morgan fingerprint density at radius 2 is 1.72 bits per heavy atom. The Kier molecular flexibility index (Phi) is 11.4. The first-order valence-electron chi connectivity index (χ1n) is 16.0. The molecule has 2 aliphatic heterocycles. The molecule has 1 saturated carbocycles. The first-order valence-corrected chi connectivity index (χ1v) is 16.0. The Morgan fingerprint density at radius 1 is 1.07 bits per heavy atom. The number of aromatic nitrogens is 2. The number of benzene rings is 1. The molecule has 3 heterocycles. The topological polar surface area (TPSA) is 97.3 Å². The number of rotatable bonds is 8. The van der Waals surface area contributed by atoms with Crippen LogP contribution in [0.4, 0.5) is 5.82 Å². The van der Waals surface area contributed by atoms with Gasteiger partial charge in [-0.3, -0.25) is 10.0 Å². The molecule has 1 spiro atoms. The number of carbonyl (C=O) groups is 1. The van der Waals surface area contributed by atoms with Crippen molar-refractivity contribution in [2.24, 2.45) is 5.41 Å². The second kappa shape index (κ2) is 14.8. The lowest BCUT2D eigenvalue weighted by molar-refractivity contribution is -0.125. The molecule has 1 aromatic heterocycles. The maximum absolute atomic E-state index is 13.5. The SMILES string of the molecule is CN(O)NC1CCCCC1.Cc1ccc(Oc2cncnc2N2CC3(CCN(C)CC3)C2)c(C(=O)N(C(C)C)C(C)C)c1. The van der Waals surface area contributed by atoms with Gasteiger partial charge in [-0.2, -0.15) is 0 Å². The second-order valence-electron chi connectivity index (χ2n) is 13.4. The van der Waals surface area contributed by atoms with Gasteiger partial charge in [-0.25, -0.2) is 15.4 Å². The Hall–Kier alpha value is -2.79. The molecule has 1 aromatic carbocycles. The van der Waals surface area contributed by atoms with Crippen LogP contribution in [0, 0.1) is 12.3 Å². The van der Waals surface area contributed by atoms with Crippen LogP contribution in [0.2, 0.25) is 0 Å². The summed E-state index contributed by atoms with van der Waals surface area (Å²) in [5, 5.41) is 9.89. The van der Waals surface area contributed by atoms with E-state index in [1.54, 1.807) is 19.6 Å². The first-order chi connectivity index (χ1) is 20.5. The smallest absolute Gasteiger partial charge is 0.258 e. The maximum atomic E-state index is 13.5. The van der Waals surface area contributed by atoms with E-state index in [1.165, 1.54) is 44.9 Å². The second-order valence-corrected chi connectivity index (χ2v) is 13.4. The van der Waals surface area contributed by atoms with Crippen LogP contribution < -0.4 is 15.1 Å². The van der Waals surface area contributed by atoms with E-state index < -0.39 is 0 Å². The number of ether oxygens (including phenoxy) is 1. The maximum Gasteiger partial charge on any atom is 0.258 e. The zero-order chi connectivity index (χ0) is 31.1. The van der Waals surface area contributed by atoms with Crippen molar-refractivity contribution in [1.82, 2.24) is 30.4 Å². The minimum absolute atomic E-state index is 0.0219. The van der Waals surface area contributed by atoms with E-state index in [9.17, 15) is 4.79 Å². The minimum Gasteiger partial charge on any atom is -0.451 e. The molecule has 0 atom stereocenters. The highest BCUT2D eigenvalue weighted by Gasteiger charge is 2.45. The van der Waals surface area contributed by atoms with Crippen molar-refractivity contribution in [2.45, 2.75) is 97.7 Å². The number of hydrogen-bond donors (Lipinski definition) is 2. The number of aryl methyl sites for hydroxylation is 1. The normalized spacial score (nSPS) is 18.9. The number of amides is 1. The number of carbonyl (C=O) groups excluding carboxylic acids is 1. The van der Waals surface area contributed by atoms with E-state index >= 15 is 0 Å². The summed E-state index contributed by atoms with van der Waals surface area (Å²) in [4.78, 5) is 28.9. The lowest BCUT2D eigenvalue weighted by Gasteiger charge is -2.54. The molecular weight excluding hydrogens is 542 g/mol. The molecule has 5 rings (SSSR count). The minimum atomic E-state index is -0.0219. The van der Waals surface area contributed by atoms with E-state index in [2.05, 4.69) is 32.2 Å². The Labute approximate surface area is 258 Å². The molecule has 43 heavy (non-hydrogen) atoms. The quantitative estimate of drug-likeness (QED) is 0.383. The Morgan fingerprint density at radius 3 is 2.33 bits per heavy atom. The summed E-state index contributed by atoms with van der Waals surface area (Å²) in [6.45, 7) is 14.4. The van der Waals surface area contributed by atoms with E-state index in [-0.39, 0.29) is 18.0 Å². The average Bonchev–Trinajstić information content (AvgIpc) is 2.94. The number of hydroxylamine groups is 1. The van der Waals surface area contributed by atoms with Gasteiger partial charge in [0.1, 0.15) is 12.1 Å². The van der Waals surface area contributed by atoms with Gasteiger partial charge in [-0.15, -0.1) is 5.17 Å². The van der Waals surface area contributed by atoms with Crippen LogP contribution in [-0.2, 0) is 0 Å². The number of piperidine rings is 1. The molecule has 0 unspecified atom stereocenters. The van der Waals surface area contributed by atoms with Gasteiger partial charge in [-0.05, 0) is 92.6 Å². The lowest BCUT2D eigenvalue weighted by atomic mass is 9.72. The molecule has 0 radical (unpaired) electrons. The van der Waals surface area contributed by atoms with Gasteiger partial charge in [0, 0.05) is 43.7 Å². The largest absolute Gasteiger partial charge is 0.451 e. The number of hydrogen-bond acceptors (Lipinski definition) is 9. The number of nitrogens with one attached hydrogen (secondary N) is 1. The third-order valence-corrected chi connectivity index (χ3v) is 8.97. The molecule has 10 heteroatoms. The van der Waals surface area contributed by atoms with Crippen LogP contribution in [0.1, 0.15) is 88.6 Å². The Bertz CT molecular complexity index is 1170. The highest BCUT2D eigenvalue weighted by atomic mass is 16.5. The molecule has 3 aliphatic rings. The summed E-state index contributed by atoms with van der Waals surface area (Å²) < 4.78 is 6.35. The van der Waals surface area contributed by atoms with Crippen molar-refractivity contribution in [2.75, 3.05) is 45.2 Å². The third-order valence-electron chi connectivity index (χ3n) is 8.97. The van der Waals surface area contributed by atoms with E-state index in [0.29, 0.717) is 28.5 Å². The molecule has 238 valence electrons. The van der Waals surface area contributed by atoms with Gasteiger partial charge in [0.15, 0.2) is 11.6 Å². The molecule has 2 aromatic rings. The standard InChI is InChI=1S/C26H37N5O2.C7H16N2O/c1-18(2)31(19(3)4)25(32)21-13-20(5)7-8-22(21)33-23-14-27-17-28-24(23)30-15-26(16-30)9-11-29(6)12-10-26;1-9(10)8-7-5-3-2-4-6-7/h7-8,13-14,17-19H,9-12,15-16H2,1-6H3;7-8,10H,2-6H2,1H3. The van der Waals surface area contributed by atoms with Crippen LogP contribution >= 0.6 is 0 Å². The van der Waals surface area contributed by atoms with Crippen molar-refractivity contribution >= 4 is 11.7 Å². The fourth-order valence-corrected chi connectivity index (χ4v) is 6.66. The van der Waals surface area contributed by atoms with Gasteiger partial charge in [-0.1, -0.05) is 30.9 Å². The van der Waals surface area contributed by atoms with Crippen LogP contribution in [0.5, 0.6) is 11.5 Å². The molecule has 2 N–H and O–H groups in total. The summed E-state index contributed by atoms with van der Waals surface area (Å²) >= 11 is 0. The molecule has 3 fully saturated rings. The molecule has 1 amide bonds. The average molecular weight is 596 g/mol. The first kappa shape index (κ1) is 33.1. The summed E-state index contributed by atoms with van der Waals surface area (Å²) in [6, 6.07) is 6.45. The van der Waals surface area contributed by atoms with E-state index in [1.807, 2.05) is 57.7 Å². The zero-order valence-corrected chi connectivity index (χ0v) is 27.3. The third kappa shape index (κ3) is 8.65. The fourth-order valence-electron chi connectivity index (χ4n) is 6.66. The van der Waals surface area contributed by atoms with Crippen molar-refractivity contribution in [1.29, 1.82) is 0 Å². The van der Waals surface area contributed by atoms with Gasteiger partial charge in [0.2, 0.25) is 0 Å². The summed E-state index contributed by atoms with van der Waals surface area (Å²) in [5.74, 6) is 1.92. The van der Waals surface area contributed by atoms with E-state index in [0.717, 1.165) is 42.7 Å². The predicted molar refractivity (Wildman–Crippen MR) is 171 cm³/mol. The van der Waals surface area contributed by atoms with Crippen LogP contribution in [-0.4, -0.2) is 94.5 Å². The summed E-state index contributed by atoms with van der Waals surface area (Å²) in [6.07, 6.45) is 12.1. The van der Waals surface area contributed by atoms with Gasteiger partial charge in [0.25, 0.3) is 5.91 Å². The van der Waals surface area contributed by atoms with Gasteiger partial charge < -0.3 is 19.4 Å². The molecular formula is C33H53N7O3.